The Labute approximate surface area is 177 Å². The molecule has 3 aromatic carbocycles. The third-order valence-corrected chi connectivity index (χ3v) is 5.22. The number of rotatable bonds is 6. The van der Waals surface area contributed by atoms with Gasteiger partial charge in [-0.2, -0.15) is 0 Å². The number of nitrogens with one attached hydrogen (secondary N) is 1. The number of hydrogen-bond acceptors (Lipinski definition) is 2. The van der Waals surface area contributed by atoms with E-state index in [-0.39, 0.29) is 0 Å². The largest absolute Gasteiger partial charge is 0.480 e. The van der Waals surface area contributed by atoms with Crippen LogP contribution in [0.15, 0.2) is 60.7 Å². The van der Waals surface area contributed by atoms with Crippen molar-refractivity contribution >= 4 is 34.8 Å². The number of amides is 1. The van der Waals surface area contributed by atoms with E-state index in [1.54, 1.807) is 6.07 Å². The molecule has 0 spiro atoms. The molecule has 3 aromatic rings. The van der Waals surface area contributed by atoms with Crippen LogP contribution in [-0.4, -0.2) is 22.5 Å². The fraction of sp³-hybridized carbons (Fsp3) is 0.231. The molecule has 3 rings (SSSR count). The van der Waals surface area contributed by atoms with E-state index >= 15 is 0 Å². The number of hydrogen-bond donors (Lipinski definition) is 2. The highest BCUT2D eigenvalue weighted by Gasteiger charge is 2.30. The minimum absolute atomic E-state index is 0.414. The van der Waals surface area contributed by atoms with E-state index in [9.17, 15) is 14.7 Å². The van der Waals surface area contributed by atoms with Crippen LogP contribution in [0.1, 0.15) is 60.7 Å². The Morgan fingerprint density at radius 2 is 1.60 bits per heavy atom. The van der Waals surface area contributed by atoms with Gasteiger partial charge in [-0.05, 0) is 53.3 Å². The number of carboxylic acids is 1. The van der Waals surface area contributed by atoms with Crippen molar-refractivity contribution in [1.29, 1.82) is 0 Å². The van der Waals surface area contributed by atoms with Gasteiger partial charge in [-0.3, -0.25) is 4.79 Å². The molecule has 0 aliphatic heterocycles. The molecule has 0 aliphatic rings. The first kappa shape index (κ1) is 21.3. The van der Waals surface area contributed by atoms with Gasteiger partial charge >= 0.3 is 5.97 Å². The molecule has 0 aliphatic carbocycles. The molecular formula is C26H27NO3. The fourth-order valence-electron chi connectivity index (χ4n) is 3.25. The maximum atomic E-state index is 13.0. The van der Waals surface area contributed by atoms with Gasteiger partial charge in [-0.15, -0.1) is 0 Å². The molecule has 0 unspecified atom stereocenters. The molecule has 0 fully saturated rings. The molecule has 154 valence electrons. The molecular weight excluding hydrogens is 374 g/mol. The van der Waals surface area contributed by atoms with Crippen LogP contribution in [0.2, 0.25) is 0 Å². The maximum absolute atomic E-state index is 13.0. The third-order valence-electron chi connectivity index (χ3n) is 5.22. The van der Waals surface area contributed by atoms with Crippen molar-refractivity contribution in [2.75, 3.05) is 0 Å². The van der Waals surface area contributed by atoms with Gasteiger partial charge in [0, 0.05) is 5.56 Å². The SMILES string of the molecule is CC(C)c1ccc(/C=C/c2c(C(=O)NC(C)(C)C(=O)O)ccc3ccccc23)cc1. The van der Waals surface area contributed by atoms with Gasteiger partial charge in [0.05, 0.1) is 0 Å². The second-order valence-electron chi connectivity index (χ2n) is 8.29. The molecule has 2 N–H and O–H groups in total. The predicted octanol–water partition coefficient (Wildman–Crippen LogP) is 5.73. The third kappa shape index (κ3) is 4.60. The Balaban J connectivity index is 2.04. The number of carbonyl (C=O) groups excluding carboxylic acids is 1. The zero-order valence-corrected chi connectivity index (χ0v) is 17.8. The molecule has 0 saturated heterocycles. The van der Waals surface area contributed by atoms with E-state index in [2.05, 4.69) is 43.4 Å². The Bertz CT molecular complexity index is 1110. The van der Waals surface area contributed by atoms with Gasteiger partial charge in [-0.1, -0.05) is 80.6 Å². The molecule has 0 radical (unpaired) electrons. The summed E-state index contributed by atoms with van der Waals surface area (Å²) in [5.74, 6) is -1.03. The van der Waals surface area contributed by atoms with Crippen molar-refractivity contribution < 1.29 is 14.7 Å². The van der Waals surface area contributed by atoms with E-state index in [1.807, 2.05) is 42.5 Å². The Hall–Kier alpha value is -3.40. The van der Waals surface area contributed by atoms with Crippen molar-refractivity contribution in [3.05, 3.63) is 82.9 Å². The average Bonchev–Trinajstić information content (AvgIpc) is 2.71. The van der Waals surface area contributed by atoms with Crippen molar-refractivity contribution in [1.82, 2.24) is 5.32 Å². The standard InChI is InChI=1S/C26H27NO3/c1-17(2)19-12-9-18(10-13-19)11-15-22-21-8-6-5-7-20(21)14-16-23(22)24(28)27-26(3,4)25(29)30/h5-17H,1-4H3,(H,27,28)(H,29,30)/b15-11+. The van der Waals surface area contributed by atoms with Crippen LogP contribution in [0.25, 0.3) is 22.9 Å². The summed E-state index contributed by atoms with van der Waals surface area (Å²) in [6.45, 7) is 7.26. The van der Waals surface area contributed by atoms with Crippen LogP contribution in [-0.2, 0) is 4.79 Å². The Morgan fingerprint density at radius 1 is 0.933 bits per heavy atom. The van der Waals surface area contributed by atoms with Gasteiger partial charge < -0.3 is 10.4 Å². The van der Waals surface area contributed by atoms with E-state index < -0.39 is 17.4 Å². The van der Waals surface area contributed by atoms with Crippen LogP contribution >= 0.6 is 0 Å². The smallest absolute Gasteiger partial charge is 0.328 e. The highest BCUT2D eigenvalue weighted by molar-refractivity contribution is 6.07. The van der Waals surface area contributed by atoms with Crippen molar-refractivity contribution in [2.45, 2.75) is 39.2 Å². The minimum atomic E-state index is -1.36. The Morgan fingerprint density at radius 3 is 2.23 bits per heavy atom. The predicted molar refractivity (Wildman–Crippen MR) is 123 cm³/mol. The zero-order chi connectivity index (χ0) is 21.9. The first-order valence-electron chi connectivity index (χ1n) is 10.0. The maximum Gasteiger partial charge on any atom is 0.328 e. The number of fused-ring (bicyclic) bond motifs is 1. The van der Waals surface area contributed by atoms with Crippen LogP contribution < -0.4 is 5.32 Å². The number of aliphatic carboxylic acids is 1. The molecule has 0 atom stereocenters. The molecule has 0 heterocycles. The van der Waals surface area contributed by atoms with Crippen LogP contribution in [0.4, 0.5) is 0 Å². The van der Waals surface area contributed by atoms with E-state index in [0.29, 0.717) is 11.5 Å². The number of benzene rings is 3. The van der Waals surface area contributed by atoms with E-state index in [4.69, 9.17) is 0 Å². The molecule has 30 heavy (non-hydrogen) atoms. The number of carboxylic acid groups (broad SMARTS) is 1. The van der Waals surface area contributed by atoms with Gasteiger partial charge in [-0.25, -0.2) is 4.79 Å². The highest BCUT2D eigenvalue weighted by Crippen LogP contribution is 2.26. The molecule has 1 amide bonds. The van der Waals surface area contributed by atoms with Crippen molar-refractivity contribution in [3.63, 3.8) is 0 Å². The lowest BCUT2D eigenvalue weighted by molar-refractivity contribution is -0.143. The van der Waals surface area contributed by atoms with Gasteiger partial charge in [0.15, 0.2) is 0 Å². The molecule has 0 bridgehead atoms. The highest BCUT2D eigenvalue weighted by atomic mass is 16.4. The first-order chi connectivity index (χ1) is 14.2. The fourth-order valence-corrected chi connectivity index (χ4v) is 3.25. The second-order valence-corrected chi connectivity index (χ2v) is 8.29. The van der Waals surface area contributed by atoms with Gasteiger partial charge in [0.1, 0.15) is 5.54 Å². The lowest BCUT2D eigenvalue weighted by Crippen LogP contribution is -2.49. The zero-order valence-electron chi connectivity index (χ0n) is 17.8. The summed E-state index contributed by atoms with van der Waals surface area (Å²) in [4.78, 5) is 24.4. The lowest BCUT2D eigenvalue weighted by Gasteiger charge is -2.22. The van der Waals surface area contributed by atoms with E-state index in [0.717, 1.165) is 21.9 Å². The van der Waals surface area contributed by atoms with Gasteiger partial charge in [0.2, 0.25) is 0 Å². The van der Waals surface area contributed by atoms with Crippen molar-refractivity contribution in [3.8, 4) is 0 Å². The van der Waals surface area contributed by atoms with Gasteiger partial charge in [0.25, 0.3) is 5.91 Å². The molecule has 4 nitrogen and oxygen atoms in total. The second kappa shape index (κ2) is 8.54. The normalized spacial score (nSPS) is 11.9. The summed E-state index contributed by atoms with van der Waals surface area (Å²) < 4.78 is 0. The summed E-state index contributed by atoms with van der Waals surface area (Å²) in [5.41, 5.74) is 2.15. The molecule has 4 heteroatoms. The van der Waals surface area contributed by atoms with Crippen LogP contribution in [0.3, 0.4) is 0 Å². The van der Waals surface area contributed by atoms with Crippen LogP contribution in [0, 0.1) is 0 Å². The average molecular weight is 402 g/mol. The summed E-state index contributed by atoms with van der Waals surface area (Å²) in [6, 6.07) is 19.8. The topological polar surface area (TPSA) is 66.4 Å². The molecule has 0 aromatic heterocycles. The quantitative estimate of drug-likeness (QED) is 0.519. The summed E-state index contributed by atoms with van der Waals surface area (Å²) >= 11 is 0. The summed E-state index contributed by atoms with van der Waals surface area (Å²) in [6.07, 6.45) is 3.90. The first-order valence-corrected chi connectivity index (χ1v) is 10.0. The van der Waals surface area contributed by atoms with Crippen LogP contribution in [0.5, 0.6) is 0 Å². The summed E-state index contributed by atoms with van der Waals surface area (Å²) in [7, 11) is 0. The van der Waals surface area contributed by atoms with E-state index in [1.165, 1.54) is 19.4 Å². The lowest BCUT2D eigenvalue weighted by atomic mass is 9.96. The summed E-state index contributed by atoms with van der Waals surface area (Å²) in [5, 5.41) is 13.9. The molecule has 0 saturated carbocycles. The van der Waals surface area contributed by atoms with Crippen molar-refractivity contribution in [2.24, 2.45) is 0 Å². The number of carbonyl (C=O) groups is 2. The monoisotopic (exact) mass is 401 g/mol. The Kier molecular flexibility index (Phi) is 6.06. The minimum Gasteiger partial charge on any atom is -0.480 e.